The van der Waals surface area contributed by atoms with Gasteiger partial charge >= 0.3 is 0 Å². The lowest BCUT2D eigenvalue weighted by molar-refractivity contribution is 0.0972. The second kappa shape index (κ2) is 5.09. The minimum atomic E-state index is 0.138. The van der Waals surface area contributed by atoms with E-state index in [0.717, 1.165) is 24.2 Å². The van der Waals surface area contributed by atoms with Crippen molar-refractivity contribution in [2.75, 3.05) is 6.61 Å². The molecule has 2 rings (SSSR count). The van der Waals surface area contributed by atoms with Crippen LogP contribution in [0.25, 0.3) is 0 Å². The number of ether oxygens (including phenoxy) is 1. The molecule has 0 fully saturated rings. The molecule has 92 valence electrons. The number of Topliss-reactive ketones (excluding diaryl/α,β-unsaturated/α-hetero) is 1. The second-order valence-electron chi connectivity index (χ2n) is 4.90. The van der Waals surface area contributed by atoms with Crippen LogP contribution in [-0.2, 0) is 6.42 Å². The first-order valence-corrected chi connectivity index (χ1v) is 6.44. The monoisotopic (exact) mass is 252 g/mol. The van der Waals surface area contributed by atoms with Crippen LogP contribution in [0.2, 0.25) is 5.02 Å². The largest absolute Gasteiger partial charge is 0.492 e. The van der Waals surface area contributed by atoms with Gasteiger partial charge in [0, 0.05) is 17.9 Å². The Kier molecular flexibility index (Phi) is 3.72. The Morgan fingerprint density at radius 2 is 2.24 bits per heavy atom. The third-order valence-corrected chi connectivity index (χ3v) is 3.22. The Morgan fingerprint density at radius 1 is 1.47 bits per heavy atom. The van der Waals surface area contributed by atoms with Crippen LogP contribution in [0.4, 0.5) is 0 Å². The highest BCUT2D eigenvalue weighted by Gasteiger charge is 2.21. The topological polar surface area (TPSA) is 26.3 Å². The van der Waals surface area contributed by atoms with Crippen LogP contribution in [-0.4, -0.2) is 12.4 Å². The van der Waals surface area contributed by atoms with Crippen molar-refractivity contribution in [1.82, 2.24) is 0 Å². The quantitative estimate of drug-likeness (QED) is 0.760. The molecule has 0 saturated heterocycles. The molecular formula is C14H17ClO2. The number of hydrogen-bond donors (Lipinski definition) is 0. The molecule has 3 heteroatoms. The van der Waals surface area contributed by atoms with Crippen molar-refractivity contribution in [3.8, 4) is 5.75 Å². The van der Waals surface area contributed by atoms with Crippen molar-refractivity contribution in [1.29, 1.82) is 0 Å². The van der Waals surface area contributed by atoms with Crippen molar-refractivity contribution >= 4 is 17.4 Å². The fraction of sp³-hybridized carbons (Fsp3) is 0.500. The van der Waals surface area contributed by atoms with E-state index in [0.29, 0.717) is 29.5 Å². The molecule has 1 aromatic rings. The molecule has 17 heavy (non-hydrogen) atoms. The number of carbonyl (C=O) groups is 1. The van der Waals surface area contributed by atoms with Gasteiger partial charge in [-0.15, -0.1) is 0 Å². The number of fused-ring (bicyclic) bond motifs is 1. The molecule has 1 heterocycles. The summed E-state index contributed by atoms with van der Waals surface area (Å²) in [5.41, 5.74) is 1.72. The van der Waals surface area contributed by atoms with Crippen LogP contribution in [0.15, 0.2) is 12.1 Å². The smallest absolute Gasteiger partial charge is 0.166 e. The van der Waals surface area contributed by atoms with Gasteiger partial charge in [0.1, 0.15) is 5.75 Å². The first-order chi connectivity index (χ1) is 8.08. The molecule has 1 aliphatic rings. The summed E-state index contributed by atoms with van der Waals surface area (Å²) >= 11 is 6.03. The summed E-state index contributed by atoms with van der Waals surface area (Å²) in [6.07, 6.45) is 2.31. The number of benzene rings is 1. The highest BCUT2D eigenvalue weighted by Crippen LogP contribution is 2.33. The van der Waals surface area contributed by atoms with E-state index in [1.807, 2.05) is 6.07 Å². The molecule has 1 aliphatic heterocycles. The molecular weight excluding hydrogens is 236 g/mol. The molecule has 0 saturated carbocycles. The van der Waals surface area contributed by atoms with E-state index in [1.54, 1.807) is 6.07 Å². The van der Waals surface area contributed by atoms with Gasteiger partial charge in [-0.3, -0.25) is 4.79 Å². The molecule has 2 nitrogen and oxygen atoms in total. The Bertz CT molecular complexity index is 438. The number of carbonyl (C=O) groups excluding carboxylic acids is 1. The van der Waals surface area contributed by atoms with Crippen LogP contribution in [0.1, 0.15) is 42.6 Å². The SMILES string of the molecule is CC(C)CCC(=O)c1cc(Cl)cc2c1OCC2. The summed E-state index contributed by atoms with van der Waals surface area (Å²) in [7, 11) is 0. The highest BCUT2D eigenvalue weighted by molar-refractivity contribution is 6.31. The minimum absolute atomic E-state index is 0.138. The van der Waals surface area contributed by atoms with Crippen LogP contribution in [0, 0.1) is 5.92 Å². The summed E-state index contributed by atoms with van der Waals surface area (Å²) in [4.78, 5) is 12.1. The fourth-order valence-electron chi connectivity index (χ4n) is 2.03. The van der Waals surface area contributed by atoms with Gasteiger partial charge in [-0.25, -0.2) is 0 Å². The van der Waals surface area contributed by atoms with Gasteiger partial charge in [0.25, 0.3) is 0 Å². The van der Waals surface area contributed by atoms with Crippen molar-refractivity contribution < 1.29 is 9.53 Å². The summed E-state index contributed by atoms with van der Waals surface area (Å²) in [5.74, 6) is 1.43. The average Bonchev–Trinajstić information content (AvgIpc) is 2.72. The van der Waals surface area contributed by atoms with Gasteiger partial charge in [-0.2, -0.15) is 0 Å². The van der Waals surface area contributed by atoms with Crippen LogP contribution in [0.5, 0.6) is 5.75 Å². The lowest BCUT2D eigenvalue weighted by Crippen LogP contribution is -2.04. The zero-order valence-corrected chi connectivity index (χ0v) is 11.0. The van der Waals surface area contributed by atoms with Gasteiger partial charge in [-0.05, 0) is 30.0 Å². The minimum Gasteiger partial charge on any atom is -0.492 e. The van der Waals surface area contributed by atoms with E-state index >= 15 is 0 Å². The summed E-state index contributed by atoms with van der Waals surface area (Å²) in [5, 5.41) is 0.627. The highest BCUT2D eigenvalue weighted by atomic mass is 35.5. The van der Waals surface area contributed by atoms with E-state index in [1.165, 1.54) is 0 Å². The molecule has 0 radical (unpaired) electrons. The molecule has 0 aromatic heterocycles. The maximum Gasteiger partial charge on any atom is 0.166 e. The number of halogens is 1. The van der Waals surface area contributed by atoms with Crippen molar-refractivity contribution in [3.63, 3.8) is 0 Å². The predicted octanol–water partition coefficient (Wildman–Crippen LogP) is 3.89. The van der Waals surface area contributed by atoms with Gasteiger partial charge in [-0.1, -0.05) is 25.4 Å². The maximum atomic E-state index is 12.1. The van der Waals surface area contributed by atoms with E-state index in [4.69, 9.17) is 16.3 Å². The lowest BCUT2D eigenvalue weighted by Gasteiger charge is -2.09. The first kappa shape index (κ1) is 12.4. The molecule has 0 bridgehead atoms. The van der Waals surface area contributed by atoms with Crippen molar-refractivity contribution in [3.05, 3.63) is 28.3 Å². The molecule has 0 atom stereocenters. The predicted molar refractivity (Wildman–Crippen MR) is 69.1 cm³/mol. The normalized spacial score (nSPS) is 13.6. The molecule has 0 amide bonds. The first-order valence-electron chi connectivity index (χ1n) is 6.06. The van der Waals surface area contributed by atoms with E-state index in [-0.39, 0.29) is 5.78 Å². The zero-order valence-electron chi connectivity index (χ0n) is 10.3. The van der Waals surface area contributed by atoms with Crippen molar-refractivity contribution in [2.45, 2.75) is 33.1 Å². The van der Waals surface area contributed by atoms with Gasteiger partial charge in [0.05, 0.1) is 12.2 Å². The Balaban J connectivity index is 2.23. The number of hydrogen-bond acceptors (Lipinski definition) is 2. The maximum absolute atomic E-state index is 12.1. The van der Waals surface area contributed by atoms with Crippen LogP contribution in [0.3, 0.4) is 0 Å². The average molecular weight is 253 g/mol. The Hall–Kier alpha value is -1.02. The Labute approximate surface area is 107 Å². The second-order valence-corrected chi connectivity index (χ2v) is 5.33. The molecule has 1 aromatic carbocycles. The molecule has 0 spiro atoms. The van der Waals surface area contributed by atoms with Crippen LogP contribution < -0.4 is 4.74 Å². The number of rotatable bonds is 4. The number of ketones is 1. The molecule has 0 unspecified atom stereocenters. The summed E-state index contributed by atoms with van der Waals surface area (Å²) < 4.78 is 5.53. The van der Waals surface area contributed by atoms with E-state index in [2.05, 4.69) is 13.8 Å². The fourth-order valence-corrected chi connectivity index (χ4v) is 2.27. The molecule has 0 N–H and O–H groups in total. The van der Waals surface area contributed by atoms with Gasteiger partial charge < -0.3 is 4.74 Å². The third-order valence-electron chi connectivity index (χ3n) is 3.00. The van der Waals surface area contributed by atoms with E-state index in [9.17, 15) is 4.79 Å². The van der Waals surface area contributed by atoms with E-state index < -0.39 is 0 Å². The third kappa shape index (κ3) is 2.81. The standard InChI is InChI=1S/C14H17ClO2/c1-9(2)3-4-13(16)12-8-11(15)7-10-5-6-17-14(10)12/h7-9H,3-6H2,1-2H3. The zero-order chi connectivity index (χ0) is 12.4. The molecule has 0 aliphatic carbocycles. The van der Waals surface area contributed by atoms with Gasteiger partial charge in [0.15, 0.2) is 5.78 Å². The lowest BCUT2D eigenvalue weighted by atomic mass is 9.99. The summed E-state index contributed by atoms with van der Waals surface area (Å²) in [6, 6.07) is 3.62. The van der Waals surface area contributed by atoms with Crippen molar-refractivity contribution in [2.24, 2.45) is 5.92 Å². The van der Waals surface area contributed by atoms with Crippen LogP contribution >= 0.6 is 11.6 Å². The van der Waals surface area contributed by atoms with Gasteiger partial charge in [0.2, 0.25) is 0 Å². The Morgan fingerprint density at radius 3 is 2.94 bits per heavy atom. The summed E-state index contributed by atoms with van der Waals surface area (Å²) in [6.45, 7) is 4.89.